The largest absolute Gasteiger partial charge is 0.497 e. The van der Waals surface area contributed by atoms with Crippen molar-refractivity contribution in [3.05, 3.63) is 59.9 Å². The molecule has 1 aliphatic rings. The molecule has 4 nitrogen and oxygen atoms in total. The average molecular weight is 342 g/mol. The molecule has 1 aromatic heterocycles. The highest BCUT2D eigenvalue weighted by molar-refractivity contribution is 7.99. The van der Waals surface area contributed by atoms with Crippen molar-refractivity contribution in [3.8, 4) is 5.75 Å². The normalized spacial score (nSPS) is 14.9. The average Bonchev–Trinajstić information content (AvgIpc) is 3.45. The summed E-state index contributed by atoms with van der Waals surface area (Å²) < 4.78 is 5.22. The quantitative estimate of drug-likeness (QED) is 0.798. The Kier molecular flexibility index (Phi) is 5.75. The lowest BCUT2D eigenvalue weighted by atomic mass is 9.99. The van der Waals surface area contributed by atoms with Gasteiger partial charge in [-0.25, -0.2) is 0 Å². The fourth-order valence-electron chi connectivity index (χ4n) is 2.52. The predicted molar refractivity (Wildman–Crippen MR) is 97.3 cm³/mol. The van der Waals surface area contributed by atoms with E-state index in [0.29, 0.717) is 5.75 Å². The predicted octanol–water partition coefficient (Wildman–Crippen LogP) is 3.44. The highest BCUT2D eigenvalue weighted by Crippen LogP contribution is 2.32. The Morgan fingerprint density at radius 2 is 1.88 bits per heavy atom. The fraction of sp³-hybridized carbons (Fsp3) is 0.368. The molecule has 126 valence electrons. The summed E-state index contributed by atoms with van der Waals surface area (Å²) in [6.45, 7) is 0. The number of nitrogens with zero attached hydrogens (tertiary/aromatic N) is 1. The lowest BCUT2D eigenvalue weighted by Crippen LogP contribution is -2.30. The number of hydrogen-bond donors (Lipinski definition) is 1. The molecule has 1 aromatic carbocycles. The van der Waals surface area contributed by atoms with Gasteiger partial charge in [0.05, 0.1) is 18.9 Å². The van der Waals surface area contributed by atoms with Crippen LogP contribution in [-0.4, -0.2) is 29.5 Å². The molecule has 3 rings (SSSR count). The Morgan fingerprint density at radius 3 is 2.50 bits per heavy atom. The molecule has 1 fully saturated rings. The molecule has 1 aliphatic carbocycles. The number of carbonyl (C=O) groups excluding carboxylic acids is 1. The minimum absolute atomic E-state index is 0.0679. The third-order valence-electron chi connectivity index (χ3n) is 4.08. The van der Waals surface area contributed by atoms with Crippen LogP contribution in [0.25, 0.3) is 0 Å². The van der Waals surface area contributed by atoms with Gasteiger partial charge in [-0.05, 0) is 59.9 Å². The van der Waals surface area contributed by atoms with E-state index in [1.807, 2.05) is 36.4 Å². The van der Waals surface area contributed by atoms with Crippen LogP contribution in [0.1, 0.15) is 30.0 Å². The lowest BCUT2D eigenvalue weighted by Gasteiger charge is -2.20. The SMILES string of the molecule is COc1ccc(C(NC(=O)CSCC2CC2)c2ccncc2)cc1. The fourth-order valence-corrected chi connectivity index (χ4v) is 3.57. The number of carbonyl (C=O) groups is 1. The van der Waals surface area contributed by atoms with E-state index in [1.165, 1.54) is 12.8 Å². The third-order valence-corrected chi connectivity index (χ3v) is 5.25. The number of benzene rings is 1. The molecule has 0 radical (unpaired) electrons. The Hall–Kier alpha value is -2.01. The Labute approximate surface area is 147 Å². The van der Waals surface area contributed by atoms with Gasteiger partial charge in [-0.3, -0.25) is 9.78 Å². The maximum atomic E-state index is 12.4. The van der Waals surface area contributed by atoms with Crippen LogP contribution in [0.2, 0.25) is 0 Å². The van der Waals surface area contributed by atoms with E-state index in [0.717, 1.165) is 28.5 Å². The zero-order valence-electron chi connectivity index (χ0n) is 13.8. The summed E-state index contributed by atoms with van der Waals surface area (Å²) in [5.74, 6) is 3.31. The van der Waals surface area contributed by atoms with E-state index in [-0.39, 0.29) is 11.9 Å². The third kappa shape index (κ3) is 4.74. The maximum absolute atomic E-state index is 12.4. The van der Waals surface area contributed by atoms with E-state index in [1.54, 1.807) is 31.3 Å². The zero-order chi connectivity index (χ0) is 16.8. The Bertz CT molecular complexity index is 657. The molecule has 5 heteroatoms. The van der Waals surface area contributed by atoms with Crippen molar-refractivity contribution in [1.82, 2.24) is 10.3 Å². The van der Waals surface area contributed by atoms with Crippen LogP contribution in [0.4, 0.5) is 0 Å². The second kappa shape index (κ2) is 8.20. The van der Waals surface area contributed by atoms with Gasteiger partial charge in [-0.1, -0.05) is 12.1 Å². The molecular weight excluding hydrogens is 320 g/mol. The second-order valence-electron chi connectivity index (χ2n) is 6.01. The number of ether oxygens (including phenoxy) is 1. The molecule has 1 amide bonds. The summed E-state index contributed by atoms with van der Waals surface area (Å²) in [6.07, 6.45) is 6.14. The molecule has 2 aromatic rings. The van der Waals surface area contributed by atoms with Crippen molar-refractivity contribution in [2.45, 2.75) is 18.9 Å². The standard InChI is InChI=1S/C19H22N2O2S/c1-23-17-6-4-15(5-7-17)19(16-8-10-20-11-9-16)21-18(22)13-24-12-14-2-3-14/h4-11,14,19H,2-3,12-13H2,1H3,(H,21,22). The van der Waals surface area contributed by atoms with Crippen LogP contribution in [0.3, 0.4) is 0 Å². The first-order valence-corrected chi connectivity index (χ1v) is 9.32. The van der Waals surface area contributed by atoms with Gasteiger partial charge in [0.1, 0.15) is 5.75 Å². The molecule has 0 saturated heterocycles. The second-order valence-corrected chi connectivity index (χ2v) is 7.04. The van der Waals surface area contributed by atoms with Gasteiger partial charge in [0.15, 0.2) is 0 Å². The van der Waals surface area contributed by atoms with Gasteiger partial charge in [0, 0.05) is 12.4 Å². The molecule has 24 heavy (non-hydrogen) atoms. The van der Waals surface area contributed by atoms with Crippen LogP contribution in [0.15, 0.2) is 48.8 Å². The van der Waals surface area contributed by atoms with Crippen molar-refractivity contribution in [3.63, 3.8) is 0 Å². The smallest absolute Gasteiger partial charge is 0.230 e. The van der Waals surface area contributed by atoms with Crippen molar-refractivity contribution < 1.29 is 9.53 Å². The van der Waals surface area contributed by atoms with Gasteiger partial charge in [0.2, 0.25) is 5.91 Å². The van der Waals surface area contributed by atoms with E-state index in [9.17, 15) is 4.79 Å². The molecule has 0 spiro atoms. The minimum atomic E-state index is -0.173. The van der Waals surface area contributed by atoms with E-state index in [2.05, 4.69) is 10.3 Å². The minimum Gasteiger partial charge on any atom is -0.497 e. The van der Waals surface area contributed by atoms with Crippen LogP contribution in [-0.2, 0) is 4.79 Å². The summed E-state index contributed by atoms with van der Waals surface area (Å²) in [7, 11) is 1.65. The molecule has 1 N–H and O–H groups in total. The van der Waals surface area contributed by atoms with Crippen LogP contribution < -0.4 is 10.1 Å². The summed E-state index contributed by atoms with van der Waals surface area (Å²) >= 11 is 1.73. The van der Waals surface area contributed by atoms with Crippen molar-refractivity contribution in [2.75, 3.05) is 18.6 Å². The van der Waals surface area contributed by atoms with Gasteiger partial charge >= 0.3 is 0 Å². The summed E-state index contributed by atoms with van der Waals surface area (Å²) in [6, 6.07) is 11.5. The monoisotopic (exact) mass is 342 g/mol. The molecule has 0 bridgehead atoms. The van der Waals surface area contributed by atoms with Crippen molar-refractivity contribution in [2.24, 2.45) is 5.92 Å². The van der Waals surface area contributed by atoms with Crippen molar-refractivity contribution >= 4 is 17.7 Å². The zero-order valence-corrected chi connectivity index (χ0v) is 14.6. The first-order chi connectivity index (χ1) is 11.8. The number of pyridine rings is 1. The Morgan fingerprint density at radius 1 is 1.21 bits per heavy atom. The molecule has 1 saturated carbocycles. The summed E-state index contributed by atoms with van der Waals surface area (Å²) in [4.78, 5) is 16.4. The molecule has 1 heterocycles. The van der Waals surface area contributed by atoms with Gasteiger partial charge < -0.3 is 10.1 Å². The lowest BCUT2D eigenvalue weighted by molar-refractivity contribution is -0.119. The van der Waals surface area contributed by atoms with Crippen LogP contribution in [0.5, 0.6) is 5.75 Å². The molecule has 0 aliphatic heterocycles. The van der Waals surface area contributed by atoms with Gasteiger partial charge in [-0.2, -0.15) is 11.8 Å². The highest BCUT2D eigenvalue weighted by atomic mass is 32.2. The summed E-state index contributed by atoms with van der Waals surface area (Å²) in [5.41, 5.74) is 2.05. The number of rotatable bonds is 8. The van der Waals surface area contributed by atoms with Crippen LogP contribution in [0, 0.1) is 5.92 Å². The van der Waals surface area contributed by atoms with E-state index >= 15 is 0 Å². The number of hydrogen-bond acceptors (Lipinski definition) is 4. The molecule has 1 atom stereocenters. The maximum Gasteiger partial charge on any atom is 0.230 e. The van der Waals surface area contributed by atoms with Gasteiger partial charge in [0.25, 0.3) is 0 Å². The topological polar surface area (TPSA) is 51.2 Å². The number of thioether (sulfide) groups is 1. The number of nitrogens with one attached hydrogen (secondary N) is 1. The van der Waals surface area contributed by atoms with E-state index in [4.69, 9.17) is 4.74 Å². The van der Waals surface area contributed by atoms with Crippen molar-refractivity contribution in [1.29, 1.82) is 0 Å². The number of aromatic nitrogens is 1. The van der Waals surface area contributed by atoms with E-state index < -0.39 is 0 Å². The highest BCUT2D eigenvalue weighted by Gasteiger charge is 2.22. The Balaban J connectivity index is 1.70. The van der Waals surface area contributed by atoms with Gasteiger partial charge in [-0.15, -0.1) is 0 Å². The molecular formula is C19H22N2O2S. The molecule has 1 unspecified atom stereocenters. The van der Waals surface area contributed by atoms with Crippen LogP contribution >= 0.6 is 11.8 Å². The number of amides is 1. The first kappa shape index (κ1) is 16.8. The first-order valence-electron chi connectivity index (χ1n) is 8.17. The summed E-state index contributed by atoms with van der Waals surface area (Å²) in [5, 5.41) is 3.15. The number of methoxy groups -OCH3 is 1.